The normalized spacial score (nSPS) is 41.2. The highest BCUT2D eigenvalue weighted by molar-refractivity contribution is 7.84. The van der Waals surface area contributed by atoms with Gasteiger partial charge in [-0.2, -0.15) is 55.2 Å². The molecule has 5 fully saturated rings. The Morgan fingerprint density at radius 1 is 0.427 bits per heavy atom. The molecule has 5 aliphatic rings. The van der Waals surface area contributed by atoms with E-state index in [-0.39, 0.29) is 0 Å². The van der Waals surface area contributed by atoms with Crippen molar-refractivity contribution in [1.29, 1.82) is 0 Å². The first-order valence-corrected chi connectivity index (χ1v) is 30.1. The summed E-state index contributed by atoms with van der Waals surface area (Å²) in [5.74, 6) is -4.55. The Bertz CT molecular complexity index is 2920. The zero-order chi connectivity index (χ0) is 62.3. The summed E-state index contributed by atoms with van der Waals surface area (Å²) < 4.78 is 270. The maximum Gasteiger partial charge on any atom is 0.397 e. The van der Waals surface area contributed by atoms with Crippen LogP contribution in [0.25, 0.3) is 0 Å². The van der Waals surface area contributed by atoms with Crippen LogP contribution in [0.15, 0.2) is 0 Å². The molecule has 0 saturated carbocycles. The van der Waals surface area contributed by atoms with E-state index in [2.05, 4.69) is 20.9 Å². The van der Waals surface area contributed by atoms with Gasteiger partial charge >= 0.3 is 74.2 Å². The van der Waals surface area contributed by atoms with Crippen molar-refractivity contribution in [2.75, 3.05) is 19.8 Å². The zero-order valence-electron chi connectivity index (χ0n) is 39.8. The highest BCUT2D eigenvalue weighted by Crippen LogP contribution is 2.38. The first-order chi connectivity index (χ1) is 37.3. The molecular formula is C30H51N3O43S6. The number of nitrogens with two attached hydrogens (primary N) is 2. The molecule has 0 aromatic carbocycles. The Balaban J connectivity index is 1.47. The lowest BCUT2D eigenvalue weighted by molar-refractivity contribution is -0.371. The molecular weight excluding hydrogens is 1280 g/mol. The predicted octanol–water partition coefficient (Wildman–Crippen LogP) is -13.3. The van der Waals surface area contributed by atoms with Gasteiger partial charge in [-0.25, -0.2) is 30.5 Å². The van der Waals surface area contributed by atoms with Crippen LogP contribution in [-0.4, -0.2) is 309 Å². The fourth-order valence-corrected chi connectivity index (χ4v) is 11.4. The van der Waals surface area contributed by atoms with Crippen LogP contribution < -0.4 is 16.2 Å². The van der Waals surface area contributed by atoms with E-state index in [0.29, 0.717) is 0 Å². The van der Waals surface area contributed by atoms with Crippen LogP contribution in [0.3, 0.4) is 0 Å². The molecule has 25 atom stereocenters. The zero-order valence-corrected chi connectivity index (χ0v) is 44.7. The molecule has 0 radical (unpaired) electrons. The van der Waals surface area contributed by atoms with Gasteiger partial charge in [0.15, 0.2) is 49.8 Å². The first-order valence-electron chi connectivity index (χ1n) is 21.8. The Morgan fingerprint density at radius 3 is 1.29 bits per heavy atom. The Kier molecular flexibility index (Phi) is 23.0. The van der Waals surface area contributed by atoms with Crippen molar-refractivity contribution in [1.82, 2.24) is 4.72 Å². The minimum atomic E-state index is -5.92. The molecule has 0 bridgehead atoms. The third-order valence-electron chi connectivity index (χ3n) is 11.8. The van der Waals surface area contributed by atoms with E-state index in [4.69, 9.17) is 58.7 Å². The van der Waals surface area contributed by atoms with E-state index in [1.807, 2.05) is 0 Å². The number of aliphatic hydroxyl groups is 7. The number of carboxylic acids is 2. The van der Waals surface area contributed by atoms with Gasteiger partial charge in [0, 0.05) is 0 Å². The summed E-state index contributed by atoms with van der Waals surface area (Å²) in [5.41, 5.74) is 11.9. The van der Waals surface area contributed by atoms with Crippen LogP contribution in [-0.2, 0) is 135 Å². The van der Waals surface area contributed by atoms with Gasteiger partial charge < -0.3 is 100 Å². The third-order valence-corrected chi connectivity index (χ3v) is 14.6. The van der Waals surface area contributed by atoms with E-state index in [0.717, 1.165) is 0 Å². The molecule has 0 aromatic rings. The van der Waals surface area contributed by atoms with E-state index < -0.39 is 247 Å². The number of carbonyl (C=O) groups is 2. The van der Waals surface area contributed by atoms with E-state index in [1.165, 1.54) is 4.72 Å². The number of hydrogen-bond acceptors (Lipinski definition) is 37. The van der Waals surface area contributed by atoms with Crippen molar-refractivity contribution < 1.29 is 197 Å². The molecule has 0 unspecified atom stereocenters. The van der Waals surface area contributed by atoms with E-state index >= 15 is 0 Å². The Hall–Kier alpha value is -2.56. The van der Waals surface area contributed by atoms with Gasteiger partial charge in [-0.05, 0) is 0 Å². The summed E-state index contributed by atoms with van der Waals surface area (Å²) in [6.07, 6.45) is -58.3. The van der Waals surface area contributed by atoms with Crippen molar-refractivity contribution >= 4 is 74.2 Å². The molecule has 46 nitrogen and oxygen atoms in total. The van der Waals surface area contributed by atoms with Gasteiger partial charge in [0.2, 0.25) is 0 Å². The van der Waals surface area contributed by atoms with Crippen molar-refractivity contribution in [2.45, 2.75) is 153 Å². The lowest BCUT2D eigenvalue weighted by Crippen LogP contribution is -2.70. The van der Waals surface area contributed by atoms with Crippen LogP contribution in [0.5, 0.6) is 0 Å². The standard InChI is InChI=1S/C30H51N3O43S6/c31-7-16(73-79(51,52)53)14(4(1-34)64-26(7)44)68-30-21(76-82(60,61)62)13(39)20(23(72-30)25(42)43)69-27-8(32)17(74-80(54,55)56)15(5(2-35)65-27)67-29-12(38)11(37)19(22(71-29)24(40)41)70-28-9(33-77(45,46)47)18(75-81(57,58)59)10(36)6(66-28)3-63-78(48,49)50/h4-23,26-30,33-39,44H,1-3,31-32H2,(H,40,41)(H,42,43)(H,45,46,47)(H,48,49,50)(H,51,52,53)(H,54,55,56)(H,57,58,59)(H,60,61,62)/t4-,5-,6-,7-,8-,9-,10-,11-,12-,13+,14-,15-,16-,17-,18-,19+,20+,21-,22+,23-,26+,27-,28-,29-,30-/m1/s1. The SMILES string of the molecule is N[C@@H]1[C@@H](OS(=O)(=O)O)[C@H](O[C@@H]2O[C@@H](C(=O)O)[C@@H](O[C@H]3O[C@H](CO)[C@@H](O[C@@H]4O[C@H](C(=O)O)[C@@H](O[C@H]5O[C@H](COS(=O)(=O)O)[C@@H](O)[C@H](OS(=O)(=O)O)[C@H]5NS(=O)(=O)O)[C@H](O)[C@H]4O)[C@H](OS(=O)(=O)O)[C@H]3N)[C@H](O)[C@H]2OS(=O)(=O)O)[C@@H](CO)O[C@@H]1O. The van der Waals surface area contributed by atoms with Crippen molar-refractivity contribution in [3.63, 3.8) is 0 Å². The molecule has 0 aromatic heterocycles. The average molecular weight is 1330 g/mol. The van der Waals surface area contributed by atoms with Crippen LogP contribution in [0, 0.1) is 0 Å². The molecule has 0 spiro atoms. The van der Waals surface area contributed by atoms with Gasteiger partial charge in [0.1, 0.15) is 91.5 Å². The molecule has 52 heteroatoms. The highest BCUT2D eigenvalue weighted by Gasteiger charge is 2.60. The highest BCUT2D eigenvalue weighted by atomic mass is 32.3. The summed E-state index contributed by atoms with van der Waals surface area (Å²) in [4.78, 5) is 25.4. The monoisotopic (exact) mass is 1330 g/mol. The second-order valence-electron chi connectivity index (χ2n) is 17.3. The predicted molar refractivity (Wildman–Crippen MR) is 236 cm³/mol. The van der Waals surface area contributed by atoms with Gasteiger partial charge in [0.05, 0.1) is 31.9 Å². The average Bonchev–Trinajstić information content (AvgIpc) is 3.43. The minimum Gasteiger partial charge on any atom is -0.479 e. The lowest BCUT2D eigenvalue weighted by atomic mass is 9.94. The first kappa shape index (κ1) is 70.2. The number of aliphatic hydroxyl groups excluding tert-OH is 7. The Labute approximate surface area is 459 Å². The van der Waals surface area contributed by atoms with Crippen molar-refractivity contribution in [3.8, 4) is 0 Å². The van der Waals surface area contributed by atoms with E-state index in [1.54, 1.807) is 0 Å². The quantitative estimate of drug-likeness (QED) is 0.0377. The maximum absolute atomic E-state index is 12.7. The second kappa shape index (κ2) is 26.8. The smallest absolute Gasteiger partial charge is 0.397 e. The maximum atomic E-state index is 12.7. The number of hydrogen-bond donors (Lipinski definition) is 18. The van der Waals surface area contributed by atoms with Gasteiger partial charge in [-0.1, -0.05) is 0 Å². The van der Waals surface area contributed by atoms with Crippen LogP contribution in [0.4, 0.5) is 0 Å². The molecule has 20 N–H and O–H groups in total. The molecule has 480 valence electrons. The second-order valence-corrected chi connectivity index (χ2v) is 23.8. The summed E-state index contributed by atoms with van der Waals surface area (Å²) in [5, 5.41) is 95.9. The molecule has 0 amide bonds. The summed E-state index contributed by atoms with van der Waals surface area (Å²) in [6, 6.07) is -7.34. The van der Waals surface area contributed by atoms with Gasteiger partial charge in [-0.3, -0.25) is 27.3 Å². The molecule has 82 heavy (non-hydrogen) atoms. The summed E-state index contributed by atoms with van der Waals surface area (Å²) in [7, 11) is -34.5. The summed E-state index contributed by atoms with van der Waals surface area (Å²) >= 11 is 0. The van der Waals surface area contributed by atoms with Crippen LogP contribution in [0.2, 0.25) is 0 Å². The minimum absolute atomic E-state index is 1.21. The molecule has 5 rings (SSSR count). The van der Waals surface area contributed by atoms with Crippen molar-refractivity contribution in [2.24, 2.45) is 11.5 Å². The van der Waals surface area contributed by atoms with Crippen LogP contribution >= 0.6 is 0 Å². The van der Waals surface area contributed by atoms with Crippen LogP contribution in [0.1, 0.15) is 0 Å². The molecule has 5 aliphatic heterocycles. The van der Waals surface area contributed by atoms with Gasteiger partial charge in [-0.15, -0.1) is 0 Å². The number of rotatable bonds is 25. The number of carboxylic acid groups (broad SMARTS) is 2. The third kappa shape index (κ3) is 18.5. The fourth-order valence-electron chi connectivity index (χ4n) is 8.46. The number of nitrogens with one attached hydrogen (secondary N) is 1. The molecule has 5 saturated heterocycles. The largest absolute Gasteiger partial charge is 0.479 e. The van der Waals surface area contributed by atoms with Gasteiger partial charge in [0.25, 0.3) is 0 Å². The number of aliphatic carboxylic acids is 2. The Morgan fingerprint density at radius 2 is 0.829 bits per heavy atom. The summed E-state index contributed by atoms with van der Waals surface area (Å²) in [6.45, 7) is -4.43. The molecule has 0 aliphatic carbocycles. The van der Waals surface area contributed by atoms with Crippen molar-refractivity contribution in [3.05, 3.63) is 0 Å². The lowest BCUT2D eigenvalue weighted by Gasteiger charge is -2.50. The topological polar surface area (TPSA) is 736 Å². The fraction of sp³-hybridized carbons (Fsp3) is 0.933. The number of ether oxygens (including phenoxy) is 9. The van der Waals surface area contributed by atoms with E-state index in [9.17, 15) is 129 Å². The molecule has 5 heterocycles.